The van der Waals surface area contributed by atoms with Gasteiger partial charge in [-0.1, -0.05) is 252 Å². The lowest BCUT2D eigenvalue weighted by Crippen LogP contribution is -2.60. The number of amides is 6. The summed E-state index contributed by atoms with van der Waals surface area (Å²) in [5.41, 5.74) is 23.1. The highest BCUT2D eigenvalue weighted by molar-refractivity contribution is 7.99. The van der Waals surface area contributed by atoms with Crippen LogP contribution in [0, 0.1) is 0 Å². The quantitative estimate of drug-likeness (QED) is 0.0199. The lowest BCUT2D eigenvalue weighted by Gasteiger charge is -2.27. The monoisotopic (exact) mass is 1510 g/mol. The van der Waals surface area contributed by atoms with E-state index in [4.69, 9.17) is 32.4 Å². The summed E-state index contributed by atoms with van der Waals surface area (Å²) in [4.78, 5) is 124. The number of thioether (sulfide) groups is 1. The minimum atomic E-state index is -1.62. The Morgan fingerprint density at radius 1 is 0.314 bits per heavy atom. The first kappa shape index (κ1) is 100. The van der Waals surface area contributed by atoms with E-state index in [-0.39, 0.29) is 82.1 Å². The molecule has 0 saturated heterocycles. The van der Waals surface area contributed by atoms with Crippen LogP contribution in [0.15, 0.2) is 0 Å². The van der Waals surface area contributed by atoms with Crippen molar-refractivity contribution in [3.8, 4) is 0 Å². The van der Waals surface area contributed by atoms with E-state index in [1.54, 1.807) is 0 Å². The summed E-state index contributed by atoms with van der Waals surface area (Å²) in [6.45, 7) is 6.81. The number of hydrogen-bond acceptors (Lipinski definition) is 17. The molecule has 1 unspecified atom stereocenters. The molecule has 0 aromatic rings. The van der Waals surface area contributed by atoms with Gasteiger partial charge in [0, 0.05) is 30.8 Å². The molecule has 6 amide bonds. The number of rotatable bonds is 78. The summed E-state index contributed by atoms with van der Waals surface area (Å²) >= 11 is 1.20. The second kappa shape index (κ2) is 73.5. The van der Waals surface area contributed by atoms with Gasteiger partial charge < -0.3 is 74.5 Å². The van der Waals surface area contributed by atoms with E-state index in [1.807, 2.05) is 0 Å². The summed E-state index contributed by atoms with van der Waals surface area (Å²) in [6.07, 6.45) is 48.7. The molecular formula is C81H156N10O13S. The summed E-state index contributed by atoms with van der Waals surface area (Å²) in [7, 11) is 0. The SMILES string of the molecule is CCCCCCCCCCCCCCCC(=O)N[C@@H](CSCC(COC(=O)CCCCCCCCCCCCCCC)OC(=O)CCCCCCCCCCCCCCC)C(=O)N[C@@H](CO)C(=O)N[C@@H](CCCCN)C(=O)N[C@@H](CCCCN)C(=O)N[C@@H](CCCCN)C(=O)N[C@@H](CCCCN)C(=O)O. The molecule has 0 aromatic carbocycles. The number of aliphatic hydroxyl groups is 1. The van der Waals surface area contributed by atoms with Gasteiger partial charge >= 0.3 is 17.9 Å². The topological polar surface area (TPSA) is 389 Å². The predicted molar refractivity (Wildman–Crippen MR) is 427 cm³/mol. The Balaban J connectivity index is 6.62. The third-order valence-corrected chi connectivity index (χ3v) is 20.7. The number of aliphatic carboxylic acids is 1. The predicted octanol–water partition coefficient (Wildman–Crippen LogP) is 13.1. The number of carbonyl (C=O) groups excluding carboxylic acids is 8. The Kier molecular flexibility index (Phi) is 70.3. The molecule has 0 aromatic heterocycles. The standard InChI is InChI=1S/C81H156N10O13S/c1-4-7-10-13-16-19-22-25-28-31-34-37-40-55-73(93)86-72(65-105-64-66(104-75(95)57-42-39-36-33-30-27-24-21-18-15-12-9-6-3)63-103-74(94)56-41-38-35-32-29-26-23-20-17-14-11-8-5-2)80(100)91-71(62-92)79(99)89-68(52-44-48-59-83)77(97)87-67(51-43-47-58-82)76(96)88-69(53-45-49-60-84)78(98)90-70(81(101)102)54-46-50-61-85/h66-72,92H,4-65,82-85H2,1-3H3,(H,86,93)(H,87,97)(H,88,96)(H,89,99)(H,90,98)(H,91,100)(H,101,102)/t66?,67-,68-,69-,70-,71-,72-/m0/s1. The molecule has 24 heteroatoms. The fourth-order valence-electron chi connectivity index (χ4n) is 12.9. The first-order valence-electron chi connectivity index (χ1n) is 42.4. The van der Waals surface area contributed by atoms with Crippen molar-refractivity contribution < 1.29 is 62.8 Å². The van der Waals surface area contributed by atoms with Gasteiger partial charge in [0.25, 0.3) is 0 Å². The molecule has 0 radical (unpaired) electrons. The lowest BCUT2D eigenvalue weighted by molar-refractivity contribution is -0.157. The van der Waals surface area contributed by atoms with Crippen molar-refractivity contribution in [2.75, 3.05) is 50.9 Å². The Bertz CT molecular complexity index is 2170. The molecule has 16 N–H and O–H groups in total. The van der Waals surface area contributed by atoms with Gasteiger partial charge in [0.05, 0.1) is 6.61 Å². The van der Waals surface area contributed by atoms with E-state index in [9.17, 15) is 53.4 Å². The van der Waals surface area contributed by atoms with E-state index in [2.05, 4.69) is 52.7 Å². The van der Waals surface area contributed by atoms with Gasteiger partial charge in [-0.25, -0.2) is 4.79 Å². The molecule has 0 saturated carbocycles. The van der Waals surface area contributed by atoms with Gasteiger partial charge in [-0.15, -0.1) is 0 Å². The van der Waals surface area contributed by atoms with E-state index in [0.29, 0.717) is 83.7 Å². The fraction of sp³-hybridized carbons (Fsp3) is 0.889. The highest BCUT2D eigenvalue weighted by Crippen LogP contribution is 2.20. The minimum absolute atomic E-state index is 0.0390. The third kappa shape index (κ3) is 59.9. The number of aliphatic hydroxyl groups excluding tert-OH is 1. The second-order valence-corrected chi connectivity index (χ2v) is 30.5. The van der Waals surface area contributed by atoms with Crippen LogP contribution in [0.1, 0.15) is 367 Å². The Morgan fingerprint density at radius 3 is 0.914 bits per heavy atom. The number of unbranched alkanes of at least 4 members (excludes halogenated alkanes) is 40. The normalized spacial score (nSPS) is 13.4. The highest BCUT2D eigenvalue weighted by Gasteiger charge is 2.34. The average molecular weight is 1510 g/mol. The summed E-state index contributed by atoms with van der Waals surface area (Å²) in [5.74, 6) is -6.35. The molecule has 0 aliphatic heterocycles. The largest absolute Gasteiger partial charge is 0.480 e. The van der Waals surface area contributed by atoms with E-state index in [1.165, 1.54) is 179 Å². The Labute approximate surface area is 640 Å². The number of carboxylic acids is 1. The van der Waals surface area contributed by atoms with E-state index >= 15 is 0 Å². The van der Waals surface area contributed by atoms with Gasteiger partial charge in [0.15, 0.2) is 0 Å². The maximum Gasteiger partial charge on any atom is 0.326 e. The molecule has 0 bridgehead atoms. The number of hydrogen-bond donors (Lipinski definition) is 12. The second-order valence-electron chi connectivity index (χ2n) is 29.4. The number of carbonyl (C=O) groups is 9. The first-order valence-corrected chi connectivity index (χ1v) is 43.6. The van der Waals surface area contributed by atoms with Gasteiger partial charge in [-0.2, -0.15) is 11.8 Å². The van der Waals surface area contributed by atoms with Gasteiger partial charge in [0.1, 0.15) is 49.0 Å². The van der Waals surface area contributed by atoms with Crippen LogP contribution in [0.25, 0.3) is 0 Å². The third-order valence-electron chi connectivity index (χ3n) is 19.6. The van der Waals surface area contributed by atoms with Gasteiger partial charge in [0.2, 0.25) is 35.4 Å². The number of nitrogens with two attached hydrogens (primary N) is 4. The highest BCUT2D eigenvalue weighted by atomic mass is 32.2. The van der Waals surface area contributed by atoms with Gasteiger partial charge in [-0.05, 0) is 122 Å². The smallest absolute Gasteiger partial charge is 0.326 e. The first-order chi connectivity index (χ1) is 51.0. The number of ether oxygens (including phenoxy) is 2. The van der Waals surface area contributed by atoms with Crippen LogP contribution in [0.2, 0.25) is 0 Å². The van der Waals surface area contributed by atoms with E-state index < -0.39 is 96.3 Å². The Morgan fingerprint density at radius 2 is 0.590 bits per heavy atom. The molecule has 0 heterocycles. The lowest BCUT2D eigenvalue weighted by atomic mass is 10.0. The minimum Gasteiger partial charge on any atom is -0.480 e. The zero-order chi connectivity index (χ0) is 77.4. The molecular weight excluding hydrogens is 1350 g/mol. The summed E-state index contributed by atoms with van der Waals surface area (Å²) in [6, 6.07) is -7.86. The van der Waals surface area contributed by atoms with Crippen LogP contribution >= 0.6 is 11.8 Å². The van der Waals surface area contributed by atoms with Crippen LogP contribution in [0.5, 0.6) is 0 Å². The van der Waals surface area contributed by atoms with Crippen LogP contribution in [0.4, 0.5) is 0 Å². The van der Waals surface area contributed by atoms with E-state index in [0.717, 1.165) is 64.2 Å². The van der Waals surface area contributed by atoms with Crippen molar-refractivity contribution >= 4 is 65.1 Å². The Hall–Kier alpha value is -4.62. The molecule has 0 aliphatic rings. The number of esters is 2. The fourth-order valence-corrected chi connectivity index (χ4v) is 13.9. The molecule has 614 valence electrons. The maximum absolute atomic E-state index is 14.5. The zero-order valence-electron chi connectivity index (χ0n) is 66.5. The zero-order valence-corrected chi connectivity index (χ0v) is 67.3. The van der Waals surface area contributed by atoms with Crippen molar-refractivity contribution in [2.45, 2.75) is 410 Å². The molecule has 7 atom stereocenters. The van der Waals surface area contributed by atoms with Crippen molar-refractivity contribution in [2.24, 2.45) is 22.9 Å². The van der Waals surface area contributed by atoms with Crippen LogP contribution in [0.3, 0.4) is 0 Å². The van der Waals surface area contributed by atoms with Crippen LogP contribution in [-0.4, -0.2) is 157 Å². The number of nitrogens with one attached hydrogen (secondary N) is 6. The molecule has 0 spiro atoms. The van der Waals surface area contributed by atoms with Crippen molar-refractivity contribution in [1.82, 2.24) is 31.9 Å². The molecule has 0 aliphatic carbocycles. The average Bonchev–Trinajstić information content (AvgIpc) is 0.864. The van der Waals surface area contributed by atoms with Crippen molar-refractivity contribution in [3.05, 3.63) is 0 Å². The van der Waals surface area contributed by atoms with Crippen LogP contribution in [-0.2, 0) is 52.6 Å². The van der Waals surface area contributed by atoms with Crippen LogP contribution < -0.4 is 54.8 Å². The maximum atomic E-state index is 14.5. The molecule has 23 nitrogen and oxygen atoms in total. The molecule has 105 heavy (non-hydrogen) atoms. The molecule has 0 fully saturated rings. The van der Waals surface area contributed by atoms with Crippen molar-refractivity contribution in [1.29, 1.82) is 0 Å². The molecule has 0 rings (SSSR count). The number of carboxylic acid groups (broad SMARTS) is 1. The summed E-state index contributed by atoms with van der Waals surface area (Å²) in [5, 5.41) is 36.9. The van der Waals surface area contributed by atoms with Gasteiger partial charge in [-0.3, -0.25) is 38.4 Å². The summed E-state index contributed by atoms with van der Waals surface area (Å²) < 4.78 is 11.8. The van der Waals surface area contributed by atoms with Crippen molar-refractivity contribution in [3.63, 3.8) is 0 Å².